The Bertz CT molecular complexity index is 777. The maximum atomic E-state index is 12.2. The number of amides is 1. The van der Waals surface area contributed by atoms with Crippen LogP contribution in [0.5, 0.6) is 0 Å². The van der Waals surface area contributed by atoms with Gasteiger partial charge in [0, 0.05) is 29.4 Å². The van der Waals surface area contributed by atoms with E-state index in [1.165, 1.54) is 0 Å². The molecule has 0 saturated carbocycles. The van der Waals surface area contributed by atoms with Crippen LogP contribution in [0.2, 0.25) is 0 Å². The van der Waals surface area contributed by atoms with E-state index in [0.717, 1.165) is 22.0 Å². The van der Waals surface area contributed by atoms with E-state index in [4.69, 9.17) is 0 Å². The molecule has 0 spiro atoms. The summed E-state index contributed by atoms with van der Waals surface area (Å²) in [4.78, 5) is 16.3. The van der Waals surface area contributed by atoms with Crippen molar-refractivity contribution in [3.05, 3.63) is 48.4 Å². The summed E-state index contributed by atoms with van der Waals surface area (Å²) in [6.45, 7) is 3.85. The molecule has 1 amide bonds. The molecule has 0 aliphatic heterocycles. The van der Waals surface area contributed by atoms with Gasteiger partial charge in [-0.15, -0.1) is 0 Å². The van der Waals surface area contributed by atoms with Gasteiger partial charge in [-0.05, 0) is 37.6 Å². The molecule has 0 bridgehead atoms. The van der Waals surface area contributed by atoms with E-state index in [1.54, 1.807) is 12.4 Å². The molecular formula is C16H16N4O. The van der Waals surface area contributed by atoms with Gasteiger partial charge in [-0.2, -0.15) is 5.10 Å². The normalized spacial score (nSPS) is 11.0. The molecule has 0 unspecified atom stereocenters. The lowest BCUT2D eigenvalue weighted by molar-refractivity contribution is 0.0939. The van der Waals surface area contributed by atoms with E-state index in [0.29, 0.717) is 5.69 Å². The molecule has 5 heteroatoms. The Hall–Kier alpha value is -2.69. The van der Waals surface area contributed by atoms with Gasteiger partial charge in [0.1, 0.15) is 0 Å². The third-order valence-corrected chi connectivity index (χ3v) is 3.19. The molecule has 3 aromatic rings. The maximum Gasteiger partial charge on any atom is 0.272 e. The number of H-pyrrole nitrogens is 1. The Labute approximate surface area is 122 Å². The van der Waals surface area contributed by atoms with Gasteiger partial charge >= 0.3 is 0 Å². The molecule has 2 N–H and O–H groups in total. The van der Waals surface area contributed by atoms with Crippen molar-refractivity contribution in [3.8, 4) is 11.1 Å². The molecule has 0 atom stereocenters. The van der Waals surface area contributed by atoms with Crippen molar-refractivity contribution in [3.63, 3.8) is 0 Å². The number of pyridine rings is 1. The van der Waals surface area contributed by atoms with Crippen molar-refractivity contribution >= 4 is 16.8 Å². The van der Waals surface area contributed by atoms with Crippen molar-refractivity contribution in [1.29, 1.82) is 0 Å². The van der Waals surface area contributed by atoms with Gasteiger partial charge in [0.15, 0.2) is 5.69 Å². The van der Waals surface area contributed by atoms with E-state index in [9.17, 15) is 4.79 Å². The highest BCUT2D eigenvalue weighted by atomic mass is 16.2. The SMILES string of the molecule is CC(C)NC(=O)c1n[nH]c2ccc(-c3cccnc3)cc12. The molecular weight excluding hydrogens is 264 g/mol. The van der Waals surface area contributed by atoms with Crippen LogP contribution in [0.3, 0.4) is 0 Å². The Morgan fingerprint density at radius 1 is 1.24 bits per heavy atom. The number of hydrogen-bond acceptors (Lipinski definition) is 3. The highest BCUT2D eigenvalue weighted by Gasteiger charge is 2.15. The van der Waals surface area contributed by atoms with E-state index >= 15 is 0 Å². The Balaban J connectivity index is 2.06. The molecule has 0 fully saturated rings. The highest BCUT2D eigenvalue weighted by molar-refractivity contribution is 6.05. The fraction of sp³-hybridized carbons (Fsp3) is 0.188. The number of benzene rings is 1. The lowest BCUT2D eigenvalue weighted by atomic mass is 10.0. The smallest absolute Gasteiger partial charge is 0.272 e. The zero-order valence-electron chi connectivity index (χ0n) is 11.9. The van der Waals surface area contributed by atoms with E-state index in [2.05, 4.69) is 20.5 Å². The number of carbonyl (C=O) groups excluding carboxylic acids is 1. The van der Waals surface area contributed by atoms with Gasteiger partial charge < -0.3 is 5.32 Å². The van der Waals surface area contributed by atoms with Gasteiger partial charge in [-0.1, -0.05) is 12.1 Å². The number of hydrogen-bond donors (Lipinski definition) is 2. The standard InChI is InChI=1S/C16H16N4O/c1-10(2)18-16(21)15-13-8-11(5-6-14(13)19-20-15)12-4-3-7-17-9-12/h3-10H,1-2H3,(H,18,21)(H,19,20). The van der Waals surface area contributed by atoms with Crippen molar-refractivity contribution < 1.29 is 4.79 Å². The fourth-order valence-electron chi connectivity index (χ4n) is 2.23. The average molecular weight is 280 g/mol. The zero-order chi connectivity index (χ0) is 14.8. The van der Waals surface area contributed by atoms with Crippen molar-refractivity contribution in [2.75, 3.05) is 0 Å². The number of nitrogens with one attached hydrogen (secondary N) is 2. The van der Waals surface area contributed by atoms with E-state index < -0.39 is 0 Å². The zero-order valence-corrected chi connectivity index (χ0v) is 11.9. The largest absolute Gasteiger partial charge is 0.348 e. The number of aromatic nitrogens is 3. The van der Waals surface area contributed by atoms with Crippen LogP contribution in [0.4, 0.5) is 0 Å². The predicted octanol–water partition coefficient (Wildman–Crippen LogP) is 2.76. The van der Waals surface area contributed by atoms with E-state index in [-0.39, 0.29) is 11.9 Å². The number of nitrogens with zero attached hydrogens (tertiary/aromatic N) is 2. The maximum absolute atomic E-state index is 12.2. The first-order valence-electron chi connectivity index (χ1n) is 6.84. The summed E-state index contributed by atoms with van der Waals surface area (Å²) in [6.07, 6.45) is 3.54. The lowest BCUT2D eigenvalue weighted by Gasteiger charge is -2.06. The van der Waals surface area contributed by atoms with Gasteiger partial charge in [0.2, 0.25) is 0 Å². The van der Waals surface area contributed by atoms with Crippen LogP contribution in [0.15, 0.2) is 42.7 Å². The quantitative estimate of drug-likeness (QED) is 0.775. The molecule has 1 aromatic carbocycles. The number of aromatic amines is 1. The average Bonchev–Trinajstić information content (AvgIpc) is 2.90. The summed E-state index contributed by atoms with van der Waals surface area (Å²) in [5, 5.41) is 10.7. The summed E-state index contributed by atoms with van der Waals surface area (Å²) in [5.74, 6) is -0.167. The third kappa shape index (κ3) is 2.63. The van der Waals surface area contributed by atoms with Gasteiger partial charge in [-0.25, -0.2) is 0 Å². The second kappa shape index (κ2) is 5.36. The first-order chi connectivity index (χ1) is 10.1. The van der Waals surface area contributed by atoms with Crippen LogP contribution in [0.1, 0.15) is 24.3 Å². The first kappa shape index (κ1) is 13.3. The Kier molecular flexibility index (Phi) is 3.39. The molecule has 106 valence electrons. The van der Waals surface area contributed by atoms with Gasteiger partial charge in [0.25, 0.3) is 5.91 Å². The molecule has 5 nitrogen and oxygen atoms in total. The second-order valence-electron chi connectivity index (χ2n) is 5.20. The van der Waals surface area contributed by atoms with Crippen molar-refractivity contribution in [2.45, 2.75) is 19.9 Å². The van der Waals surface area contributed by atoms with Crippen LogP contribution < -0.4 is 5.32 Å². The molecule has 2 heterocycles. The first-order valence-corrected chi connectivity index (χ1v) is 6.84. The summed E-state index contributed by atoms with van der Waals surface area (Å²) in [5.41, 5.74) is 3.28. The fourth-order valence-corrected chi connectivity index (χ4v) is 2.23. The predicted molar refractivity (Wildman–Crippen MR) is 81.9 cm³/mol. The second-order valence-corrected chi connectivity index (χ2v) is 5.20. The minimum atomic E-state index is -0.167. The highest BCUT2D eigenvalue weighted by Crippen LogP contribution is 2.24. The Morgan fingerprint density at radius 3 is 2.81 bits per heavy atom. The lowest BCUT2D eigenvalue weighted by Crippen LogP contribution is -2.30. The van der Waals surface area contributed by atoms with Gasteiger partial charge in [-0.3, -0.25) is 14.9 Å². The summed E-state index contributed by atoms with van der Waals surface area (Å²) >= 11 is 0. The topological polar surface area (TPSA) is 70.7 Å². The summed E-state index contributed by atoms with van der Waals surface area (Å²) in [6, 6.07) is 9.83. The van der Waals surface area contributed by atoms with Crippen molar-refractivity contribution in [2.24, 2.45) is 0 Å². The molecule has 3 rings (SSSR count). The number of fused-ring (bicyclic) bond motifs is 1. The molecule has 0 aliphatic carbocycles. The van der Waals surface area contributed by atoms with E-state index in [1.807, 2.05) is 44.2 Å². The Morgan fingerprint density at radius 2 is 2.10 bits per heavy atom. The van der Waals surface area contributed by atoms with Crippen LogP contribution in [-0.2, 0) is 0 Å². The molecule has 0 radical (unpaired) electrons. The van der Waals surface area contributed by atoms with Crippen LogP contribution >= 0.6 is 0 Å². The monoisotopic (exact) mass is 280 g/mol. The minimum Gasteiger partial charge on any atom is -0.348 e. The number of rotatable bonds is 3. The third-order valence-electron chi connectivity index (χ3n) is 3.19. The van der Waals surface area contributed by atoms with Crippen molar-refractivity contribution in [1.82, 2.24) is 20.5 Å². The van der Waals surface area contributed by atoms with Crippen LogP contribution in [0.25, 0.3) is 22.0 Å². The van der Waals surface area contributed by atoms with Crippen LogP contribution in [0, 0.1) is 0 Å². The molecule has 2 aromatic heterocycles. The molecule has 0 aliphatic rings. The van der Waals surface area contributed by atoms with Crippen LogP contribution in [-0.4, -0.2) is 27.1 Å². The summed E-state index contributed by atoms with van der Waals surface area (Å²) in [7, 11) is 0. The molecule has 0 saturated heterocycles. The summed E-state index contributed by atoms with van der Waals surface area (Å²) < 4.78 is 0. The minimum absolute atomic E-state index is 0.0748. The number of carbonyl (C=O) groups is 1. The molecule has 21 heavy (non-hydrogen) atoms. The van der Waals surface area contributed by atoms with Gasteiger partial charge in [0.05, 0.1) is 5.52 Å².